The molecular formula is C8H6Cl2F2O. The second kappa shape index (κ2) is 4.22. The third kappa shape index (κ3) is 2.53. The van der Waals surface area contributed by atoms with Crippen LogP contribution < -0.4 is 0 Å². The third-order valence-corrected chi connectivity index (χ3v) is 1.99. The molecule has 0 radical (unpaired) electrons. The summed E-state index contributed by atoms with van der Waals surface area (Å²) in [6.07, 6.45) is -1.42. The zero-order valence-corrected chi connectivity index (χ0v) is 7.86. The van der Waals surface area contributed by atoms with Gasteiger partial charge in [0.2, 0.25) is 0 Å². The smallest absolute Gasteiger partial charge is 0.137 e. The Morgan fingerprint density at radius 1 is 1.23 bits per heavy atom. The first-order valence-corrected chi connectivity index (χ1v) is 4.31. The third-order valence-electron chi connectivity index (χ3n) is 1.52. The van der Waals surface area contributed by atoms with E-state index in [1.165, 1.54) is 0 Å². The fourth-order valence-corrected chi connectivity index (χ4v) is 1.15. The average Bonchev–Trinajstić information content (AvgIpc) is 2.08. The molecule has 0 saturated heterocycles. The van der Waals surface area contributed by atoms with Gasteiger partial charge in [-0.3, -0.25) is 0 Å². The van der Waals surface area contributed by atoms with Gasteiger partial charge in [0, 0.05) is 5.56 Å². The standard InChI is InChI=1S/C8H6Cl2F2O/c9-8(10)7(13)5-3-4(11)1-2-6(5)12/h1-3,7-8,13H. The molecule has 0 saturated carbocycles. The zero-order valence-electron chi connectivity index (χ0n) is 6.35. The lowest BCUT2D eigenvalue weighted by atomic mass is 10.1. The number of rotatable bonds is 2. The number of aliphatic hydroxyl groups excluding tert-OH is 1. The highest BCUT2D eigenvalue weighted by molar-refractivity contribution is 6.44. The van der Waals surface area contributed by atoms with E-state index in [1.54, 1.807) is 0 Å². The van der Waals surface area contributed by atoms with Crippen molar-refractivity contribution in [1.29, 1.82) is 0 Å². The molecule has 0 heterocycles. The van der Waals surface area contributed by atoms with Crippen molar-refractivity contribution in [1.82, 2.24) is 0 Å². The molecular weight excluding hydrogens is 221 g/mol. The van der Waals surface area contributed by atoms with Gasteiger partial charge in [0.25, 0.3) is 0 Å². The van der Waals surface area contributed by atoms with Crippen LogP contribution in [-0.2, 0) is 0 Å². The number of alkyl halides is 2. The Bertz CT molecular complexity index is 304. The van der Waals surface area contributed by atoms with Crippen molar-refractivity contribution in [3.63, 3.8) is 0 Å². The molecule has 1 aromatic carbocycles. The first kappa shape index (κ1) is 10.7. The monoisotopic (exact) mass is 226 g/mol. The van der Waals surface area contributed by atoms with Gasteiger partial charge in [0.1, 0.15) is 22.6 Å². The second-order valence-corrected chi connectivity index (χ2v) is 3.61. The van der Waals surface area contributed by atoms with Crippen LogP contribution in [0.1, 0.15) is 11.7 Å². The molecule has 0 amide bonds. The van der Waals surface area contributed by atoms with Crippen molar-refractivity contribution < 1.29 is 13.9 Å². The molecule has 1 rings (SSSR count). The summed E-state index contributed by atoms with van der Waals surface area (Å²) in [5, 5.41) is 9.23. The minimum atomic E-state index is -1.42. The molecule has 72 valence electrons. The van der Waals surface area contributed by atoms with Crippen molar-refractivity contribution in [2.24, 2.45) is 0 Å². The molecule has 5 heteroatoms. The van der Waals surface area contributed by atoms with E-state index in [0.717, 1.165) is 18.2 Å². The first-order valence-electron chi connectivity index (χ1n) is 3.43. The lowest BCUT2D eigenvalue weighted by molar-refractivity contribution is 0.187. The highest BCUT2D eigenvalue weighted by atomic mass is 35.5. The van der Waals surface area contributed by atoms with Crippen LogP contribution in [0, 0.1) is 11.6 Å². The summed E-state index contributed by atoms with van der Waals surface area (Å²) in [6.45, 7) is 0. The number of hydrogen-bond donors (Lipinski definition) is 1. The van der Waals surface area contributed by atoms with E-state index in [-0.39, 0.29) is 5.56 Å². The summed E-state index contributed by atoms with van der Waals surface area (Å²) in [6, 6.07) is 2.71. The Kier molecular flexibility index (Phi) is 3.47. The predicted octanol–water partition coefficient (Wildman–Crippen LogP) is 2.80. The van der Waals surface area contributed by atoms with Gasteiger partial charge in [-0.1, -0.05) is 0 Å². The van der Waals surface area contributed by atoms with Crippen LogP contribution in [0.2, 0.25) is 0 Å². The molecule has 0 aromatic heterocycles. The van der Waals surface area contributed by atoms with Crippen LogP contribution >= 0.6 is 23.2 Å². The maximum Gasteiger partial charge on any atom is 0.137 e. The van der Waals surface area contributed by atoms with E-state index < -0.39 is 22.6 Å². The van der Waals surface area contributed by atoms with Crippen molar-refractivity contribution in [3.8, 4) is 0 Å². The highest BCUT2D eigenvalue weighted by Gasteiger charge is 2.19. The van der Waals surface area contributed by atoms with Gasteiger partial charge in [-0.2, -0.15) is 0 Å². The first-order chi connectivity index (χ1) is 6.02. The summed E-state index contributed by atoms with van der Waals surface area (Å²) in [5.41, 5.74) is -0.241. The molecule has 13 heavy (non-hydrogen) atoms. The zero-order chi connectivity index (χ0) is 10.0. The van der Waals surface area contributed by atoms with E-state index in [4.69, 9.17) is 23.2 Å². The van der Waals surface area contributed by atoms with Crippen molar-refractivity contribution in [2.45, 2.75) is 10.9 Å². The van der Waals surface area contributed by atoms with Crippen molar-refractivity contribution >= 4 is 23.2 Å². The van der Waals surface area contributed by atoms with Crippen LogP contribution in [0.4, 0.5) is 8.78 Å². The molecule has 0 aliphatic carbocycles. The van der Waals surface area contributed by atoms with E-state index in [9.17, 15) is 13.9 Å². The van der Waals surface area contributed by atoms with Crippen LogP contribution in [-0.4, -0.2) is 9.94 Å². The molecule has 0 fully saturated rings. The van der Waals surface area contributed by atoms with Crippen molar-refractivity contribution in [2.75, 3.05) is 0 Å². The fourth-order valence-electron chi connectivity index (χ4n) is 0.877. The number of halogens is 4. The largest absolute Gasteiger partial charge is 0.385 e. The van der Waals surface area contributed by atoms with E-state index >= 15 is 0 Å². The predicted molar refractivity (Wildman–Crippen MR) is 46.8 cm³/mol. The lowest BCUT2D eigenvalue weighted by Crippen LogP contribution is -2.08. The Labute approximate surface area is 83.9 Å². The fraction of sp³-hybridized carbons (Fsp3) is 0.250. The molecule has 1 nitrogen and oxygen atoms in total. The lowest BCUT2D eigenvalue weighted by Gasteiger charge is -2.12. The van der Waals surface area contributed by atoms with Crippen LogP contribution in [0.5, 0.6) is 0 Å². The minimum absolute atomic E-state index is 0.241. The van der Waals surface area contributed by atoms with Crippen LogP contribution in [0.15, 0.2) is 18.2 Å². The Hall–Kier alpha value is -0.380. The molecule has 0 bridgehead atoms. The van der Waals surface area contributed by atoms with E-state index in [1.807, 2.05) is 0 Å². The molecule has 1 atom stereocenters. The van der Waals surface area contributed by atoms with Gasteiger partial charge < -0.3 is 5.11 Å². The maximum atomic E-state index is 12.9. The number of hydrogen-bond acceptors (Lipinski definition) is 1. The molecule has 0 aliphatic heterocycles. The summed E-state index contributed by atoms with van der Waals surface area (Å²) in [7, 11) is 0. The van der Waals surface area contributed by atoms with E-state index in [0.29, 0.717) is 0 Å². The van der Waals surface area contributed by atoms with Crippen LogP contribution in [0.3, 0.4) is 0 Å². The average molecular weight is 227 g/mol. The minimum Gasteiger partial charge on any atom is -0.385 e. The van der Waals surface area contributed by atoms with Crippen LogP contribution in [0.25, 0.3) is 0 Å². The second-order valence-electron chi connectivity index (χ2n) is 2.45. The molecule has 0 spiro atoms. The SMILES string of the molecule is OC(c1cc(F)ccc1F)C(Cl)Cl. The molecule has 1 N–H and O–H groups in total. The Morgan fingerprint density at radius 3 is 2.38 bits per heavy atom. The summed E-state index contributed by atoms with van der Waals surface area (Å²) in [4.78, 5) is -1.18. The normalized spacial score (nSPS) is 13.4. The molecule has 0 aliphatic rings. The van der Waals surface area contributed by atoms with Crippen molar-refractivity contribution in [3.05, 3.63) is 35.4 Å². The maximum absolute atomic E-state index is 12.9. The Morgan fingerprint density at radius 2 is 1.85 bits per heavy atom. The van der Waals surface area contributed by atoms with Gasteiger partial charge >= 0.3 is 0 Å². The Balaban J connectivity index is 3.05. The van der Waals surface area contributed by atoms with Gasteiger partial charge in [-0.05, 0) is 18.2 Å². The van der Waals surface area contributed by atoms with Gasteiger partial charge in [-0.25, -0.2) is 8.78 Å². The quantitative estimate of drug-likeness (QED) is 0.770. The summed E-state index contributed by atoms with van der Waals surface area (Å²) >= 11 is 10.6. The van der Waals surface area contributed by atoms with E-state index in [2.05, 4.69) is 0 Å². The van der Waals surface area contributed by atoms with Gasteiger partial charge in [0.15, 0.2) is 0 Å². The van der Waals surface area contributed by atoms with Gasteiger partial charge in [-0.15, -0.1) is 23.2 Å². The summed E-state index contributed by atoms with van der Waals surface area (Å²) < 4.78 is 25.5. The van der Waals surface area contributed by atoms with Gasteiger partial charge in [0.05, 0.1) is 0 Å². The number of aliphatic hydroxyl groups is 1. The topological polar surface area (TPSA) is 20.2 Å². The summed E-state index contributed by atoms with van der Waals surface area (Å²) in [5.74, 6) is -1.38. The molecule has 1 aromatic rings. The molecule has 1 unspecified atom stereocenters. The highest BCUT2D eigenvalue weighted by Crippen LogP contribution is 2.26. The number of benzene rings is 1.